The Bertz CT molecular complexity index is 939. The minimum atomic E-state index is -0.270. The lowest BCUT2D eigenvalue weighted by molar-refractivity contribution is -0.118. The Morgan fingerprint density at radius 1 is 1.31 bits per heavy atom. The first-order valence-corrected chi connectivity index (χ1v) is 9.20. The van der Waals surface area contributed by atoms with Crippen molar-refractivity contribution in [2.45, 2.75) is 45.3 Å². The maximum atomic E-state index is 11.2. The van der Waals surface area contributed by atoms with Crippen LogP contribution in [0.2, 0.25) is 0 Å². The standard InChI is InChI=1S/C20H25N5O/c1-24(13-18-16-6-4-7-17(16)22-23-18)11-14-12-25(10-9-20(21)26)19-8-3-2-5-15(14)19/h2-3,5,8,12H,4,6-7,9-11,13H2,1H3,(H2,21,26)(H,22,23). The van der Waals surface area contributed by atoms with Gasteiger partial charge in [0.1, 0.15) is 0 Å². The molecule has 0 saturated heterocycles. The van der Waals surface area contributed by atoms with Gasteiger partial charge < -0.3 is 10.3 Å². The Morgan fingerprint density at radius 3 is 3.00 bits per heavy atom. The van der Waals surface area contributed by atoms with Crippen LogP contribution in [0.5, 0.6) is 0 Å². The lowest BCUT2D eigenvalue weighted by atomic mass is 10.1. The third-order valence-corrected chi connectivity index (χ3v) is 5.22. The van der Waals surface area contributed by atoms with Crippen LogP contribution in [0.3, 0.4) is 0 Å². The molecule has 26 heavy (non-hydrogen) atoms. The first kappa shape index (κ1) is 16.8. The number of H-pyrrole nitrogens is 1. The second kappa shape index (κ2) is 6.96. The zero-order valence-corrected chi connectivity index (χ0v) is 15.2. The third-order valence-electron chi connectivity index (χ3n) is 5.22. The predicted octanol–water partition coefficient (Wildman–Crippen LogP) is 2.36. The van der Waals surface area contributed by atoms with Crippen LogP contribution in [0, 0.1) is 0 Å². The summed E-state index contributed by atoms with van der Waals surface area (Å²) in [4.78, 5) is 13.5. The number of hydrogen-bond acceptors (Lipinski definition) is 3. The maximum Gasteiger partial charge on any atom is 0.219 e. The van der Waals surface area contributed by atoms with Gasteiger partial charge in [0.05, 0.1) is 5.69 Å². The normalized spacial score (nSPS) is 13.6. The zero-order valence-electron chi connectivity index (χ0n) is 15.2. The van der Waals surface area contributed by atoms with Crippen molar-refractivity contribution in [3.63, 3.8) is 0 Å². The highest BCUT2D eigenvalue weighted by atomic mass is 16.1. The van der Waals surface area contributed by atoms with Gasteiger partial charge in [-0.1, -0.05) is 18.2 Å². The van der Waals surface area contributed by atoms with Gasteiger partial charge in [-0.3, -0.25) is 14.8 Å². The molecule has 6 nitrogen and oxygen atoms in total. The molecule has 2 aromatic heterocycles. The highest BCUT2D eigenvalue weighted by molar-refractivity contribution is 5.84. The van der Waals surface area contributed by atoms with Gasteiger partial charge in [0.15, 0.2) is 0 Å². The predicted molar refractivity (Wildman–Crippen MR) is 102 cm³/mol. The molecule has 1 aliphatic carbocycles. The van der Waals surface area contributed by atoms with E-state index in [0.29, 0.717) is 13.0 Å². The van der Waals surface area contributed by atoms with Crippen molar-refractivity contribution in [3.8, 4) is 0 Å². The molecule has 0 atom stereocenters. The summed E-state index contributed by atoms with van der Waals surface area (Å²) in [7, 11) is 2.13. The molecule has 1 amide bonds. The van der Waals surface area contributed by atoms with E-state index in [2.05, 4.69) is 51.1 Å². The van der Waals surface area contributed by atoms with Crippen molar-refractivity contribution < 1.29 is 4.79 Å². The summed E-state index contributed by atoms with van der Waals surface area (Å²) in [5.74, 6) is -0.270. The topological polar surface area (TPSA) is 79.9 Å². The van der Waals surface area contributed by atoms with Crippen molar-refractivity contribution in [1.29, 1.82) is 0 Å². The number of para-hydroxylation sites is 1. The highest BCUT2D eigenvalue weighted by Gasteiger charge is 2.19. The number of aryl methyl sites for hydroxylation is 2. The van der Waals surface area contributed by atoms with Crippen LogP contribution in [0.1, 0.15) is 35.4 Å². The SMILES string of the molecule is CN(Cc1n[nH]c2c1CCC2)Cc1cn(CCC(N)=O)c2ccccc12. The number of nitrogens with zero attached hydrogens (tertiary/aromatic N) is 3. The van der Waals surface area contributed by atoms with Gasteiger partial charge in [-0.05, 0) is 43.5 Å². The summed E-state index contributed by atoms with van der Waals surface area (Å²) in [5, 5.41) is 8.94. The van der Waals surface area contributed by atoms with E-state index < -0.39 is 0 Å². The molecule has 0 spiro atoms. The largest absolute Gasteiger partial charge is 0.370 e. The van der Waals surface area contributed by atoms with Crippen LogP contribution in [0.25, 0.3) is 10.9 Å². The molecule has 0 bridgehead atoms. The number of hydrogen-bond donors (Lipinski definition) is 2. The van der Waals surface area contributed by atoms with E-state index in [1.165, 1.54) is 34.3 Å². The number of fused-ring (bicyclic) bond motifs is 2. The number of aromatic nitrogens is 3. The van der Waals surface area contributed by atoms with Crippen molar-refractivity contribution in [3.05, 3.63) is 53.0 Å². The van der Waals surface area contributed by atoms with Gasteiger partial charge >= 0.3 is 0 Å². The van der Waals surface area contributed by atoms with Crippen molar-refractivity contribution in [2.24, 2.45) is 5.73 Å². The van der Waals surface area contributed by atoms with Crippen molar-refractivity contribution >= 4 is 16.8 Å². The average molecular weight is 351 g/mol. The van der Waals surface area contributed by atoms with Gasteiger partial charge in [0.25, 0.3) is 0 Å². The number of nitrogens with two attached hydrogens (primary N) is 1. The lowest BCUT2D eigenvalue weighted by Gasteiger charge is -2.15. The summed E-state index contributed by atoms with van der Waals surface area (Å²) in [6.45, 7) is 2.30. The summed E-state index contributed by atoms with van der Waals surface area (Å²) < 4.78 is 2.13. The molecule has 3 aromatic rings. The molecule has 3 N–H and O–H groups in total. The number of carbonyl (C=O) groups is 1. The third kappa shape index (κ3) is 3.24. The Balaban J connectivity index is 1.53. The molecule has 0 saturated carbocycles. The number of nitrogens with one attached hydrogen (secondary N) is 1. The molecule has 0 unspecified atom stereocenters. The van der Waals surface area contributed by atoms with Crippen molar-refractivity contribution in [1.82, 2.24) is 19.7 Å². The Kier molecular flexibility index (Phi) is 4.51. The molecule has 136 valence electrons. The van der Waals surface area contributed by atoms with E-state index in [1.807, 2.05) is 6.07 Å². The van der Waals surface area contributed by atoms with Gasteiger partial charge in [-0.2, -0.15) is 5.10 Å². The van der Waals surface area contributed by atoms with Gasteiger partial charge in [-0.15, -0.1) is 0 Å². The fraction of sp³-hybridized carbons (Fsp3) is 0.400. The summed E-state index contributed by atoms with van der Waals surface area (Å²) in [5.41, 5.74) is 11.6. The average Bonchev–Trinajstić information content (AvgIpc) is 3.30. The van der Waals surface area contributed by atoms with E-state index in [0.717, 1.165) is 31.4 Å². The van der Waals surface area contributed by atoms with Crippen LogP contribution >= 0.6 is 0 Å². The molecule has 6 heteroatoms. The molecule has 1 aliphatic rings. The monoisotopic (exact) mass is 351 g/mol. The number of aromatic amines is 1. The van der Waals surface area contributed by atoms with E-state index in [1.54, 1.807) is 0 Å². The minimum Gasteiger partial charge on any atom is -0.370 e. The van der Waals surface area contributed by atoms with Gasteiger partial charge in [0, 0.05) is 48.8 Å². The maximum absolute atomic E-state index is 11.2. The van der Waals surface area contributed by atoms with Crippen LogP contribution in [0.4, 0.5) is 0 Å². The molecular weight excluding hydrogens is 326 g/mol. The zero-order chi connectivity index (χ0) is 18.1. The second-order valence-corrected chi connectivity index (χ2v) is 7.23. The smallest absolute Gasteiger partial charge is 0.219 e. The Morgan fingerprint density at radius 2 is 2.15 bits per heavy atom. The number of rotatable bonds is 7. The molecule has 0 radical (unpaired) electrons. The molecule has 1 aromatic carbocycles. The summed E-state index contributed by atoms with van der Waals surface area (Å²) in [6.07, 6.45) is 6.00. The van der Waals surface area contributed by atoms with Crippen LogP contribution in [-0.4, -0.2) is 32.6 Å². The van der Waals surface area contributed by atoms with E-state index in [4.69, 9.17) is 5.73 Å². The minimum absolute atomic E-state index is 0.270. The second-order valence-electron chi connectivity index (χ2n) is 7.23. The number of carbonyl (C=O) groups excluding carboxylic acids is 1. The quantitative estimate of drug-likeness (QED) is 0.686. The van der Waals surface area contributed by atoms with E-state index in [9.17, 15) is 4.79 Å². The first-order chi connectivity index (χ1) is 12.6. The Hall–Kier alpha value is -2.60. The van der Waals surface area contributed by atoms with Gasteiger partial charge in [0.2, 0.25) is 5.91 Å². The Labute approximate surface area is 153 Å². The van der Waals surface area contributed by atoms with Crippen LogP contribution in [-0.2, 0) is 37.3 Å². The molecule has 2 heterocycles. The van der Waals surface area contributed by atoms with Crippen molar-refractivity contribution in [2.75, 3.05) is 7.05 Å². The molecule has 4 rings (SSSR count). The molecule has 0 aliphatic heterocycles. The highest BCUT2D eigenvalue weighted by Crippen LogP contribution is 2.26. The summed E-state index contributed by atoms with van der Waals surface area (Å²) >= 11 is 0. The summed E-state index contributed by atoms with van der Waals surface area (Å²) in [6, 6.07) is 8.33. The number of amides is 1. The molecule has 0 fully saturated rings. The fourth-order valence-corrected chi connectivity index (χ4v) is 3.99. The fourth-order valence-electron chi connectivity index (χ4n) is 3.99. The number of benzene rings is 1. The number of primary amides is 1. The first-order valence-electron chi connectivity index (χ1n) is 9.20. The molecular formula is C20H25N5O. The van der Waals surface area contributed by atoms with Crippen LogP contribution < -0.4 is 5.73 Å². The van der Waals surface area contributed by atoms with Gasteiger partial charge in [-0.25, -0.2) is 0 Å². The lowest BCUT2D eigenvalue weighted by Crippen LogP contribution is -2.18. The van der Waals surface area contributed by atoms with E-state index in [-0.39, 0.29) is 5.91 Å². The van der Waals surface area contributed by atoms with Crippen LogP contribution in [0.15, 0.2) is 30.5 Å². The van der Waals surface area contributed by atoms with E-state index >= 15 is 0 Å².